The van der Waals surface area contributed by atoms with Crippen LogP contribution >= 0.6 is 11.6 Å². The minimum Gasteiger partial charge on any atom is -0.495 e. The number of amides is 1. The van der Waals surface area contributed by atoms with Crippen LogP contribution in [0.2, 0.25) is 5.02 Å². The van der Waals surface area contributed by atoms with E-state index in [-0.39, 0.29) is 27.3 Å². The number of likely N-dealkylation sites (tertiary alicyclic amines) is 1. The van der Waals surface area contributed by atoms with Gasteiger partial charge >= 0.3 is 0 Å². The Morgan fingerprint density at radius 3 is 2.36 bits per heavy atom. The fourth-order valence-corrected chi connectivity index (χ4v) is 4.44. The number of aryl methyl sites for hydroxylation is 1. The van der Waals surface area contributed by atoms with Crippen LogP contribution in [0, 0.1) is 6.92 Å². The van der Waals surface area contributed by atoms with Crippen molar-refractivity contribution >= 4 is 33.2 Å². The van der Waals surface area contributed by atoms with Gasteiger partial charge < -0.3 is 14.4 Å². The molecular formula is C19H21ClN2O5S. The molecule has 0 bridgehead atoms. The highest BCUT2D eigenvalue weighted by molar-refractivity contribution is 7.92. The van der Waals surface area contributed by atoms with E-state index in [1.807, 2.05) is 0 Å². The second-order valence-corrected chi connectivity index (χ2v) is 8.48. The van der Waals surface area contributed by atoms with E-state index < -0.39 is 10.0 Å². The number of sulfonamides is 1. The topological polar surface area (TPSA) is 84.9 Å². The van der Waals surface area contributed by atoms with Gasteiger partial charge in [0.25, 0.3) is 15.9 Å². The lowest BCUT2D eigenvalue weighted by molar-refractivity contribution is 0.0651. The highest BCUT2D eigenvalue weighted by Gasteiger charge is 2.25. The molecule has 0 aliphatic carbocycles. The Balaban J connectivity index is 1.97. The van der Waals surface area contributed by atoms with Gasteiger partial charge in [0.1, 0.15) is 11.5 Å². The number of methoxy groups -OCH3 is 2. The molecule has 0 radical (unpaired) electrons. The van der Waals surface area contributed by atoms with Crippen LogP contribution in [-0.2, 0) is 10.0 Å². The van der Waals surface area contributed by atoms with Crippen molar-refractivity contribution in [2.45, 2.75) is 18.2 Å². The summed E-state index contributed by atoms with van der Waals surface area (Å²) in [5.41, 5.74) is 1.03. The molecule has 7 nitrogen and oxygen atoms in total. The van der Waals surface area contributed by atoms with Gasteiger partial charge in [0.2, 0.25) is 0 Å². The summed E-state index contributed by atoms with van der Waals surface area (Å²) < 4.78 is 38.9. The second kappa shape index (κ2) is 7.89. The molecule has 1 amide bonds. The summed E-state index contributed by atoms with van der Waals surface area (Å²) in [5.74, 6) is 0.447. The van der Waals surface area contributed by atoms with Gasteiger partial charge in [-0.2, -0.15) is 0 Å². The predicted octanol–water partition coefficient (Wildman–Crippen LogP) is 3.31. The summed E-state index contributed by atoms with van der Waals surface area (Å²) in [4.78, 5) is 14.2. The van der Waals surface area contributed by atoms with Gasteiger partial charge in [0, 0.05) is 24.7 Å². The first-order chi connectivity index (χ1) is 13.3. The lowest BCUT2D eigenvalue weighted by Crippen LogP contribution is -2.42. The van der Waals surface area contributed by atoms with Crippen molar-refractivity contribution in [1.82, 2.24) is 4.90 Å². The summed E-state index contributed by atoms with van der Waals surface area (Å²) in [7, 11) is -1.12. The van der Waals surface area contributed by atoms with Crippen LogP contribution in [0.5, 0.6) is 11.5 Å². The molecule has 1 fully saturated rings. The molecule has 1 saturated heterocycles. The van der Waals surface area contributed by atoms with E-state index in [1.165, 1.54) is 32.4 Å². The Morgan fingerprint density at radius 2 is 1.79 bits per heavy atom. The normalized spacial score (nSPS) is 13.6. The monoisotopic (exact) mass is 424 g/mol. The first-order valence-corrected chi connectivity index (χ1v) is 10.5. The molecule has 0 aromatic heterocycles. The lowest BCUT2D eigenvalue weighted by atomic mass is 10.1. The van der Waals surface area contributed by atoms with Crippen molar-refractivity contribution in [3.8, 4) is 11.5 Å². The molecule has 150 valence electrons. The fraction of sp³-hybridized carbons (Fsp3) is 0.316. The van der Waals surface area contributed by atoms with E-state index in [0.717, 1.165) is 6.42 Å². The van der Waals surface area contributed by atoms with Crippen LogP contribution in [0.4, 0.5) is 5.69 Å². The van der Waals surface area contributed by atoms with Gasteiger partial charge in [-0.15, -0.1) is 0 Å². The van der Waals surface area contributed by atoms with E-state index in [0.29, 0.717) is 30.0 Å². The molecule has 9 heteroatoms. The molecule has 0 atom stereocenters. The number of carbonyl (C=O) groups is 1. The number of nitrogens with zero attached hydrogens (tertiary/aromatic N) is 1. The third-order valence-corrected chi connectivity index (χ3v) is 6.39. The Kier molecular flexibility index (Phi) is 5.71. The predicted molar refractivity (Wildman–Crippen MR) is 107 cm³/mol. The maximum Gasteiger partial charge on any atom is 0.262 e. The van der Waals surface area contributed by atoms with Crippen molar-refractivity contribution < 1.29 is 22.7 Å². The second-order valence-electron chi connectivity index (χ2n) is 6.42. The molecule has 1 aliphatic rings. The van der Waals surface area contributed by atoms with Crippen LogP contribution in [0.15, 0.2) is 35.2 Å². The number of carbonyl (C=O) groups excluding carboxylic acids is 1. The molecule has 0 spiro atoms. The lowest BCUT2D eigenvalue weighted by Gasteiger charge is -2.31. The zero-order valence-corrected chi connectivity index (χ0v) is 17.4. The van der Waals surface area contributed by atoms with Crippen molar-refractivity contribution in [2.24, 2.45) is 0 Å². The first-order valence-electron chi connectivity index (χ1n) is 8.61. The molecule has 1 aliphatic heterocycles. The largest absolute Gasteiger partial charge is 0.495 e. The number of anilines is 1. The zero-order valence-electron chi connectivity index (χ0n) is 15.8. The Hall–Kier alpha value is -2.45. The van der Waals surface area contributed by atoms with Crippen molar-refractivity contribution in [1.29, 1.82) is 0 Å². The van der Waals surface area contributed by atoms with E-state index in [4.69, 9.17) is 21.1 Å². The molecule has 3 rings (SSSR count). The number of benzene rings is 2. The summed E-state index contributed by atoms with van der Waals surface area (Å²) in [6.07, 6.45) is 0.961. The third kappa shape index (κ3) is 3.88. The maximum atomic E-state index is 13.0. The molecule has 1 N–H and O–H groups in total. The van der Waals surface area contributed by atoms with E-state index in [2.05, 4.69) is 4.72 Å². The van der Waals surface area contributed by atoms with E-state index in [1.54, 1.807) is 24.0 Å². The maximum absolute atomic E-state index is 13.0. The van der Waals surface area contributed by atoms with Crippen molar-refractivity contribution in [2.75, 3.05) is 32.0 Å². The van der Waals surface area contributed by atoms with Gasteiger partial charge in [0.05, 0.1) is 29.8 Å². The zero-order chi connectivity index (χ0) is 20.5. The average Bonchev–Trinajstić information content (AvgIpc) is 2.60. The van der Waals surface area contributed by atoms with Gasteiger partial charge in [-0.3, -0.25) is 9.52 Å². The Morgan fingerprint density at radius 1 is 1.11 bits per heavy atom. The molecule has 0 unspecified atom stereocenters. The molecule has 2 aromatic rings. The van der Waals surface area contributed by atoms with Crippen LogP contribution in [0.25, 0.3) is 0 Å². The smallest absolute Gasteiger partial charge is 0.262 e. The average molecular weight is 425 g/mol. The van der Waals surface area contributed by atoms with Crippen LogP contribution in [0.1, 0.15) is 22.3 Å². The van der Waals surface area contributed by atoms with E-state index in [9.17, 15) is 13.2 Å². The van der Waals surface area contributed by atoms with Gasteiger partial charge in [-0.25, -0.2) is 8.42 Å². The van der Waals surface area contributed by atoms with Crippen LogP contribution in [0.3, 0.4) is 0 Å². The number of hydrogen-bond donors (Lipinski definition) is 1. The van der Waals surface area contributed by atoms with Crippen LogP contribution in [-0.4, -0.2) is 46.5 Å². The quantitative estimate of drug-likeness (QED) is 0.768. The van der Waals surface area contributed by atoms with Gasteiger partial charge in [0.15, 0.2) is 0 Å². The van der Waals surface area contributed by atoms with Crippen LogP contribution < -0.4 is 14.2 Å². The molecule has 28 heavy (non-hydrogen) atoms. The number of hydrogen-bond acceptors (Lipinski definition) is 5. The molecule has 0 saturated carbocycles. The van der Waals surface area contributed by atoms with E-state index >= 15 is 0 Å². The molecular weight excluding hydrogens is 404 g/mol. The molecule has 2 aromatic carbocycles. The minimum atomic E-state index is -3.98. The standard InChI is InChI=1S/C19H21ClN2O5S/c1-12-5-6-13(19(23)22-7-4-8-22)9-18(12)28(24,25)21-15-10-14(20)16(26-2)11-17(15)27-3/h5-6,9-11,21H,4,7-8H2,1-3H3. The van der Waals surface area contributed by atoms with Gasteiger partial charge in [-0.05, 0) is 37.1 Å². The summed E-state index contributed by atoms with van der Waals surface area (Å²) >= 11 is 6.12. The number of rotatable bonds is 6. The summed E-state index contributed by atoms with van der Waals surface area (Å²) in [5, 5.41) is 0.236. The summed E-state index contributed by atoms with van der Waals surface area (Å²) in [6.45, 7) is 3.05. The summed E-state index contributed by atoms with van der Waals surface area (Å²) in [6, 6.07) is 7.58. The number of halogens is 1. The SMILES string of the molecule is COc1cc(OC)c(NS(=O)(=O)c2cc(C(=O)N3CCC3)ccc2C)cc1Cl. The molecule has 1 heterocycles. The Bertz CT molecular complexity index is 1020. The number of nitrogens with one attached hydrogen (secondary N) is 1. The number of ether oxygens (including phenoxy) is 2. The fourth-order valence-electron chi connectivity index (χ4n) is 2.86. The van der Waals surface area contributed by atoms with Crippen molar-refractivity contribution in [3.05, 3.63) is 46.5 Å². The first kappa shape index (κ1) is 20.3. The Labute approximate surface area is 169 Å². The minimum absolute atomic E-state index is 0.0212. The van der Waals surface area contributed by atoms with Crippen molar-refractivity contribution in [3.63, 3.8) is 0 Å². The van der Waals surface area contributed by atoms with Gasteiger partial charge in [-0.1, -0.05) is 17.7 Å². The third-order valence-electron chi connectivity index (χ3n) is 4.59. The highest BCUT2D eigenvalue weighted by Crippen LogP contribution is 2.37. The highest BCUT2D eigenvalue weighted by atomic mass is 35.5.